The van der Waals surface area contributed by atoms with Crippen LogP contribution in [0.2, 0.25) is 0 Å². The quantitative estimate of drug-likeness (QED) is 0.938. The average Bonchev–Trinajstić information content (AvgIpc) is 2.54. The maximum atomic E-state index is 12.0. The van der Waals surface area contributed by atoms with Crippen LogP contribution in [-0.2, 0) is 4.79 Å². The van der Waals surface area contributed by atoms with Crippen LogP contribution in [0, 0.1) is 0 Å². The molecule has 0 bridgehead atoms. The summed E-state index contributed by atoms with van der Waals surface area (Å²) in [5.74, 6) is 1.42. The molecule has 1 heterocycles. The lowest BCUT2D eigenvalue weighted by Gasteiger charge is -2.26. The van der Waals surface area contributed by atoms with Crippen molar-refractivity contribution >= 4 is 5.91 Å². The van der Waals surface area contributed by atoms with Crippen molar-refractivity contribution in [3.05, 3.63) is 60.2 Å². The van der Waals surface area contributed by atoms with Gasteiger partial charge in [0.05, 0.1) is 12.6 Å². The van der Waals surface area contributed by atoms with Gasteiger partial charge in [-0.1, -0.05) is 36.4 Å². The zero-order valence-corrected chi connectivity index (χ0v) is 11.6. The van der Waals surface area contributed by atoms with Crippen LogP contribution in [0.1, 0.15) is 18.0 Å². The third-order valence-corrected chi connectivity index (χ3v) is 3.41. The van der Waals surface area contributed by atoms with Gasteiger partial charge in [-0.15, -0.1) is 0 Å². The Bertz CT molecular complexity index is 612. The molecule has 4 heteroatoms. The fourth-order valence-corrected chi connectivity index (χ4v) is 2.39. The molecule has 0 radical (unpaired) electrons. The summed E-state index contributed by atoms with van der Waals surface area (Å²) < 4.78 is 11.0. The number of hydrogen-bond acceptors (Lipinski definition) is 3. The predicted octanol–water partition coefficient (Wildman–Crippen LogP) is 2.71. The molecule has 2 aromatic carbocycles. The first-order valence-corrected chi connectivity index (χ1v) is 7.02. The van der Waals surface area contributed by atoms with Gasteiger partial charge in [0.1, 0.15) is 11.5 Å². The van der Waals surface area contributed by atoms with Crippen LogP contribution in [0.4, 0.5) is 0 Å². The molecular formula is C17H17NO3. The van der Waals surface area contributed by atoms with Crippen molar-refractivity contribution in [2.24, 2.45) is 0 Å². The van der Waals surface area contributed by atoms with Crippen LogP contribution in [0.3, 0.4) is 0 Å². The number of hydrogen-bond donors (Lipinski definition) is 1. The molecule has 21 heavy (non-hydrogen) atoms. The highest BCUT2D eigenvalue weighted by atomic mass is 16.5. The van der Waals surface area contributed by atoms with E-state index in [-0.39, 0.29) is 18.6 Å². The predicted molar refractivity (Wildman–Crippen MR) is 79.4 cm³/mol. The van der Waals surface area contributed by atoms with Gasteiger partial charge in [-0.25, -0.2) is 0 Å². The van der Waals surface area contributed by atoms with Gasteiger partial charge in [0.25, 0.3) is 5.91 Å². The van der Waals surface area contributed by atoms with Crippen molar-refractivity contribution in [1.82, 2.24) is 5.32 Å². The Labute approximate surface area is 123 Å². The first-order chi connectivity index (χ1) is 10.3. The fourth-order valence-electron chi connectivity index (χ4n) is 2.39. The highest BCUT2D eigenvalue weighted by Gasteiger charge is 2.22. The molecule has 1 N–H and O–H groups in total. The van der Waals surface area contributed by atoms with Gasteiger partial charge < -0.3 is 14.8 Å². The molecule has 1 aliphatic heterocycles. The summed E-state index contributed by atoms with van der Waals surface area (Å²) in [4.78, 5) is 12.0. The highest BCUT2D eigenvalue weighted by molar-refractivity contribution is 5.78. The van der Waals surface area contributed by atoms with E-state index in [1.165, 1.54) is 0 Å². The van der Waals surface area contributed by atoms with E-state index in [1.807, 2.05) is 54.6 Å². The largest absolute Gasteiger partial charge is 0.493 e. The maximum absolute atomic E-state index is 12.0. The van der Waals surface area contributed by atoms with Crippen LogP contribution in [0.15, 0.2) is 54.6 Å². The Morgan fingerprint density at radius 2 is 1.90 bits per heavy atom. The Kier molecular flexibility index (Phi) is 4.05. The van der Waals surface area contributed by atoms with Crippen molar-refractivity contribution in [2.45, 2.75) is 12.5 Å². The summed E-state index contributed by atoms with van der Waals surface area (Å²) in [6.45, 7) is 0.630. The number of carbonyl (C=O) groups is 1. The molecule has 1 atom stereocenters. The van der Waals surface area contributed by atoms with Crippen molar-refractivity contribution in [2.75, 3.05) is 13.2 Å². The Morgan fingerprint density at radius 3 is 2.76 bits per heavy atom. The second-order valence-electron chi connectivity index (χ2n) is 4.90. The number of benzene rings is 2. The van der Waals surface area contributed by atoms with Gasteiger partial charge in [-0.3, -0.25) is 4.79 Å². The number of para-hydroxylation sites is 2. The van der Waals surface area contributed by atoms with Gasteiger partial charge in [0, 0.05) is 12.0 Å². The Morgan fingerprint density at radius 1 is 1.14 bits per heavy atom. The van der Waals surface area contributed by atoms with Crippen molar-refractivity contribution in [1.29, 1.82) is 0 Å². The van der Waals surface area contributed by atoms with E-state index in [9.17, 15) is 4.79 Å². The number of fused-ring (bicyclic) bond motifs is 1. The number of carbonyl (C=O) groups excluding carboxylic acids is 1. The lowest BCUT2D eigenvalue weighted by molar-refractivity contribution is -0.124. The van der Waals surface area contributed by atoms with Crippen LogP contribution in [0.25, 0.3) is 0 Å². The van der Waals surface area contributed by atoms with Gasteiger partial charge >= 0.3 is 0 Å². The molecule has 4 nitrogen and oxygen atoms in total. The summed E-state index contributed by atoms with van der Waals surface area (Å²) in [5.41, 5.74) is 1.02. The number of rotatable bonds is 4. The van der Waals surface area contributed by atoms with E-state index >= 15 is 0 Å². The van der Waals surface area contributed by atoms with Gasteiger partial charge in [-0.2, -0.15) is 0 Å². The molecule has 3 rings (SSSR count). The standard InChI is InChI=1S/C17H17NO3/c19-17(12-21-13-6-2-1-3-7-13)18-15-10-11-20-16-9-5-4-8-14(15)16/h1-9,15H,10-12H2,(H,18,19)/t15-/m1/s1. The second kappa shape index (κ2) is 6.31. The second-order valence-corrected chi connectivity index (χ2v) is 4.90. The molecule has 1 aliphatic rings. The zero-order valence-electron chi connectivity index (χ0n) is 11.6. The molecule has 0 aliphatic carbocycles. The Balaban J connectivity index is 1.58. The van der Waals surface area contributed by atoms with E-state index in [0.717, 1.165) is 17.7 Å². The maximum Gasteiger partial charge on any atom is 0.258 e. The third-order valence-electron chi connectivity index (χ3n) is 3.41. The summed E-state index contributed by atoms with van der Waals surface area (Å²) in [6.07, 6.45) is 0.772. The minimum Gasteiger partial charge on any atom is -0.493 e. The monoisotopic (exact) mass is 283 g/mol. The Hall–Kier alpha value is -2.49. The van der Waals surface area contributed by atoms with E-state index in [4.69, 9.17) is 9.47 Å². The number of nitrogens with one attached hydrogen (secondary N) is 1. The normalized spacial score (nSPS) is 16.5. The molecule has 0 unspecified atom stereocenters. The molecule has 108 valence electrons. The molecule has 2 aromatic rings. The zero-order chi connectivity index (χ0) is 14.5. The third kappa shape index (κ3) is 3.34. The molecule has 0 saturated carbocycles. The molecule has 0 aromatic heterocycles. The number of amides is 1. The first kappa shape index (κ1) is 13.5. The highest BCUT2D eigenvalue weighted by Crippen LogP contribution is 2.31. The minimum absolute atomic E-state index is 0.0122. The average molecular weight is 283 g/mol. The summed E-state index contributed by atoms with van der Waals surface area (Å²) >= 11 is 0. The van der Waals surface area contributed by atoms with E-state index < -0.39 is 0 Å². The van der Waals surface area contributed by atoms with Gasteiger partial charge in [0.15, 0.2) is 6.61 Å². The van der Waals surface area contributed by atoms with E-state index in [1.54, 1.807) is 0 Å². The van der Waals surface area contributed by atoms with E-state index in [0.29, 0.717) is 12.4 Å². The minimum atomic E-state index is -0.124. The van der Waals surface area contributed by atoms with E-state index in [2.05, 4.69) is 5.32 Å². The van der Waals surface area contributed by atoms with Crippen LogP contribution >= 0.6 is 0 Å². The van der Waals surface area contributed by atoms with Crippen molar-refractivity contribution in [3.8, 4) is 11.5 Å². The fraction of sp³-hybridized carbons (Fsp3) is 0.235. The van der Waals surface area contributed by atoms with Gasteiger partial charge in [0.2, 0.25) is 0 Å². The lowest BCUT2D eigenvalue weighted by Crippen LogP contribution is -2.35. The SMILES string of the molecule is O=C(COc1ccccc1)N[C@@H]1CCOc2ccccc21. The molecular weight excluding hydrogens is 266 g/mol. The first-order valence-electron chi connectivity index (χ1n) is 7.02. The van der Waals surface area contributed by atoms with Crippen LogP contribution in [-0.4, -0.2) is 19.1 Å². The molecule has 1 amide bonds. The molecule has 0 saturated heterocycles. The van der Waals surface area contributed by atoms with Crippen LogP contribution < -0.4 is 14.8 Å². The van der Waals surface area contributed by atoms with Crippen molar-refractivity contribution in [3.63, 3.8) is 0 Å². The summed E-state index contributed by atoms with van der Waals surface area (Å²) in [6, 6.07) is 17.1. The van der Waals surface area contributed by atoms with Gasteiger partial charge in [-0.05, 0) is 18.2 Å². The lowest BCUT2D eigenvalue weighted by atomic mass is 10.0. The van der Waals surface area contributed by atoms with Crippen LogP contribution in [0.5, 0.6) is 11.5 Å². The smallest absolute Gasteiger partial charge is 0.258 e. The summed E-state index contributed by atoms with van der Waals surface area (Å²) in [5, 5.41) is 3.00. The topological polar surface area (TPSA) is 47.6 Å². The molecule has 0 fully saturated rings. The summed E-state index contributed by atoms with van der Waals surface area (Å²) in [7, 11) is 0. The number of ether oxygens (including phenoxy) is 2. The van der Waals surface area contributed by atoms with Crippen molar-refractivity contribution < 1.29 is 14.3 Å². The molecule has 0 spiro atoms.